The van der Waals surface area contributed by atoms with E-state index in [0.717, 1.165) is 4.90 Å². The fraction of sp³-hybridized carbons (Fsp3) is 0.211. The zero-order valence-electron chi connectivity index (χ0n) is 14.6. The van der Waals surface area contributed by atoms with Crippen LogP contribution in [0.3, 0.4) is 0 Å². The van der Waals surface area contributed by atoms with Gasteiger partial charge in [-0.1, -0.05) is 35.3 Å². The first-order valence-corrected chi connectivity index (χ1v) is 9.00. The molecule has 0 saturated carbocycles. The van der Waals surface area contributed by atoms with Crippen molar-refractivity contribution in [3.05, 3.63) is 57.6 Å². The number of halogens is 2. The Bertz CT molecular complexity index is 904. The molecule has 1 N–H and O–H groups in total. The van der Waals surface area contributed by atoms with E-state index in [2.05, 4.69) is 5.32 Å². The van der Waals surface area contributed by atoms with Crippen LogP contribution in [0.25, 0.3) is 0 Å². The largest absolute Gasteiger partial charge is 0.492 e. The Morgan fingerprint density at radius 1 is 1.11 bits per heavy atom. The van der Waals surface area contributed by atoms with Crippen LogP contribution in [0.1, 0.15) is 34.6 Å². The quantitative estimate of drug-likeness (QED) is 0.760. The van der Waals surface area contributed by atoms with Crippen molar-refractivity contribution in [2.45, 2.75) is 19.9 Å². The third-order valence-corrected chi connectivity index (χ3v) is 4.89. The normalized spacial score (nSPS) is 14.1. The molecule has 0 radical (unpaired) electrons. The van der Waals surface area contributed by atoms with Crippen molar-refractivity contribution in [3.8, 4) is 5.75 Å². The molecular weight excluding hydrogens is 391 g/mol. The Labute approximate surface area is 166 Å². The average molecular weight is 407 g/mol. The smallest absolute Gasteiger partial charge is 0.262 e. The Morgan fingerprint density at radius 3 is 2.22 bits per heavy atom. The zero-order valence-corrected chi connectivity index (χ0v) is 16.1. The van der Waals surface area contributed by atoms with Crippen molar-refractivity contribution in [1.29, 1.82) is 0 Å². The predicted octanol–water partition coefficient (Wildman–Crippen LogP) is 4.02. The number of hydrogen-bond acceptors (Lipinski definition) is 4. The maximum absolute atomic E-state index is 12.7. The fourth-order valence-corrected chi connectivity index (χ4v) is 3.14. The van der Waals surface area contributed by atoms with E-state index < -0.39 is 23.8 Å². The molecule has 0 fully saturated rings. The van der Waals surface area contributed by atoms with Gasteiger partial charge in [0.05, 0.1) is 33.5 Å². The lowest BCUT2D eigenvalue weighted by atomic mass is 10.1. The summed E-state index contributed by atoms with van der Waals surface area (Å²) in [6.07, 6.45) is 0. The van der Waals surface area contributed by atoms with E-state index in [1.165, 1.54) is 19.1 Å². The van der Waals surface area contributed by atoms with Crippen molar-refractivity contribution in [2.75, 3.05) is 11.9 Å². The average Bonchev–Trinajstić information content (AvgIpc) is 2.87. The molecule has 2 aromatic carbocycles. The minimum atomic E-state index is -1.04. The lowest BCUT2D eigenvalue weighted by Crippen LogP contribution is -2.45. The van der Waals surface area contributed by atoms with Crippen LogP contribution in [0, 0.1) is 0 Å². The molecule has 8 heteroatoms. The van der Waals surface area contributed by atoms with Crippen molar-refractivity contribution in [3.63, 3.8) is 0 Å². The number of benzene rings is 2. The number of rotatable bonds is 5. The highest BCUT2D eigenvalue weighted by Gasteiger charge is 2.41. The van der Waals surface area contributed by atoms with Gasteiger partial charge in [0.15, 0.2) is 0 Å². The second kappa shape index (κ2) is 7.58. The SMILES string of the molecule is CCOc1ccccc1NC(=O)C(C)N1C(=O)c2cc(Cl)c(Cl)cc2C1=O. The van der Waals surface area contributed by atoms with Crippen LogP contribution in [0.5, 0.6) is 5.75 Å². The fourth-order valence-electron chi connectivity index (χ4n) is 2.81. The van der Waals surface area contributed by atoms with Crippen LogP contribution >= 0.6 is 23.2 Å². The van der Waals surface area contributed by atoms with E-state index in [9.17, 15) is 14.4 Å². The zero-order chi connectivity index (χ0) is 19.7. The van der Waals surface area contributed by atoms with E-state index >= 15 is 0 Å². The summed E-state index contributed by atoms with van der Waals surface area (Å²) in [6, 6.07) is 8.57. The Kier molecular flexibility index (Phi) is 5.39. The number of nitrogens with one attached hydrogen (secondary N) is 1. The Balaban J connectivity index is 1.84. The minimum Gasteiger partial charge on any atom is -0.492 e. The number of fused-ring (bicyclic) bond motifs is 1. The second-order valence-electron chi connectivity index (χ2n) is 5.89. The van der Waals surface area contributed by atoms with Crippen molar-refractivity contribution in [1.82, 2.24) is 4.90 Å². The molecular formula is C19H16Cl2N2O4. The second-order valence-corrected chi connectivity index (χ2v) is 6.70. The minimum absolute atomic E-state index is 0.128. The maximum atomic E-state index is 12.7. The Hall–Kier alpha value is -2.57. The summed E-state index contributed by atoms with van der Waals surface area (Å²) in [7, 11) is 0. The van der Waals surface area contributed by atoms with Crippen molar-refractivity contribution >= 4 is 46.6 Å². The molecule has 3 amide bonds. The molecule has 0 saturated heterocycles. The topological polar surface area (TPSA) is 75.7 Å². The van der Waals surface area contributed by atoms with Crippen molar-refractivity contribution in [2.24, 2.45) is 0 Å². The first kappa shape index (κ1) is 19.2. The molecule has 140 valence electrons. The number of anilines is 1. The van der Waals surface area contributed by atoms with Gasteiger partial charge < -0.3 is 10.1 Å². The van der Waals surface area contributed by atoms with Gasteiger partial charge >= 0.3 is 0 Å². The highest BCUT2D eigenvalue weighted by atomic mass is 35.5. The van der Waals surface area contributed by atoms with Gasteiger partial charge in [-0.3, -0.25) is 19.3 Å². The van der Waals surface area contributed by atoms with Gasteiger partial charge in [0.25, 0.3) is 11.8 Å². The van der Waals surface area contributed by atoms with Gasteiger partial charge in [-0.25, -0.2) is 0 Å². The number of amides is 3. The predicted molar refractivity (Wildman–Crippen MR) is 103 cm³/mol. The molecule has 2 aromatic rings. The molecule has 0 bridgehead atoms. The number of para-hydroxylation sites is 2. The first-order valence-electron chi connectivity index (χ1n) is 8.24. The number of nitrogens with zero attached hydrogens (tertiary/aromatic N) is 1. The van der Waals surface area contributed by atoms with Gasteiger partial charge in [-0.15, -0.1) is 0 Å². The summed E-state index contributed by atoms with van der Waals surface area (Å²) in [5, 5.41) is 3.04. The lowest BCUT2D eigenvalue weighted by Gasteiger charge is -2.22. The van der Waals surface area contributed by atoms with Crippen LogP contribution in [0.15, 0.2) is 36.4 Å². The van der Waals surface area contributed by atoms with Crippen LogP contribution < -0.4 is 10.1 Å². The molecule has 1 unspecified atom stereocenters. The molecule has 0 spiro atoms. The molecule has 1 aliphatic rings. The number of carbonyl (C=O) groups is 3. The number of hydrogen-bond donors (Lipinski definition) is 1. The third-order valence-electron chi connectivity index (χ3n) is 4.17. The van der Waals surface area contributed by atoms with Gasteiger partial charge in [0.2, 0.25) is 5.91 Å². The van der Waals surface area contributed by atoms with E-state index in [4.69, 9.17) is 27.9 Å². The summed E-state index contributed by atoms with van der Waals surface area (Å²) in [4.78, 5) is 38.8. The third kappa shape index (κ3) is 3.50. The highest BCUT2D eigenvalue weighted by Crippen LogP contribution is 2.33. The highest BCUT2D eigenvalue weighted by molar-refractivity contribution is 6.43. The summed E-state index contributed by atoms with van der Waals surface area (Å²) in [6.45, 7) is 3.74. The molecule has 0 aliphatic carbocycles. The van der Waals surface area contributed by atoms with Crippen LogP contribution in [-0.4, -0.2) is 35.3 Å². The summed E-state index contributed by atoms with van der Waals surface area (Å²) in [5.74, 6) is -1.20. The van der Waals surface area contributed by atoms with Gasteiger partial charge in [-0.2, -0.15) is 0 Å². The number of carbonyl (C=O) groups excluding carboxylic acids is 3. The van der Waals surface area contributed by atoms with E-state index in [-0.39, 0.29) is 21.2 Å². The molecule has 1 atom stereocenters. The monoisotopic (exact) mass is 406 g/mol. The summed E-state index contributed by atoms with van der Waals surface area (Å²) < 4.78 is 5.47. The van der Waals surface area contributed by atoms with E-state index in [0.29, 0.717) is 18.0 Å². The van der Waals surface area contributed by atoms with Crippen LogP contribution in [-0.2, 0) is 4.79 Å². The van der Waals surface area contributed by atoms with Gasteiger partial charge in [0.1, 0.15) is 11.8 Å². The molecule has 0 aromatic heterocycles. The maximum Gasteiger partial charge on any atom is 0.262 e. The standard InChI is InChI=1S/C19H16Cl2N2O4/c1-3-27-16-7-5-4-6-15(16)22-17(24)10(2)23-18(25)11-8-13(20)14(21)9-12(11)19(23)26/h4-10H,3H2,1-2H3,(H,22,24). The van der Waals surface area contributed by atoms with Crippen LogP contribution in [0.2, 0.25) is 10.0 Å². The summed E-state index contributed by atoms with van der Waals surface area (Å²) in [5.41, 5.74) is 0.714. The number of ether oxygens (including phenoxy) is 1. The number of imide groups is 1. The molecule has 1 heterocycles. The van der Waals surface area contributed by atoms with Crippen molar-refractivity contribution < 1.29 is 19.1 Å². The van der Waals surface area contributed by atoms with E-state index in [1.807, 2.05) is 6.92 Å². The molecule has 6 nitrogen and oxygen atoms in total. The Morgan fingerprint density at radius 2 is 1.67 bits per heavy atom. The first-order chi connectivity index (χ1) is 12.8. The molecule has 1 aliphatic heterocycles. The van der Waals surface area contributed by atoms with Gasteiger partial charge in [0, 0.05) is 0 Å². The summed E-state index contributed by atoms with van der Waals surface area (Å²) >= 11 is 11.9. The molecule has 27 heavy (non-hydrogen) atoms. The molecule has 3 rings (SSSR count). The van der Waals surface area contributed by atoms with E-state index in [1.54, 1.807) is 24.3 Å². The van der Waals surface area contributed by atoms with Gasteiger partial charge in [-0.05, 0) is 38.1 Å². The van der Waals surface area contributed by atoms with Crippen LogP contribution in [0.4, 0.5) is 5.69 Å². The lowest BCUT2D eigenvalue weighted by molar-refractivity contribution is -0.119.